The molecule has 0 saturated carbocycles. The number of fused-ring (bicyclic) bond motifs is 6. The van der Waals surface area contributed by atoms with Gasteiger partial charge in [0.2, 0.25) is 23.6 Å². The number of epoxide rings is 1. The number of carbonyl (C=O) groups excluding carboxylic acids is 6. The molecule has 6 rings (SSSR count). The van der Waals surface area contributed by atoms with Crippen molar-refractivity contribution in [3.05, 3.63) is 82.5 Å². The van der Waals surface area contributed by atoms with Gasteiger partial charge in [0.1, 0.15) is 46.8 Å². The first-order valence-corrected chi connectivity index (χ1v) is 27.4. The molecule has 0 spiro atoms. The third-order valence-corrected chi connectivity index (χ3v) is 15.8. The molecule has 3 aliphatic heterocycles. The van der Waals surface area contributed by atoms with E-state index in [2.05, 4.69) is 32.0 Å². The number of alkyl carbamates (subject to hydrolysis) is 1. The summed E-state index contributed by atoms with van der Waals surface area (Å²) in [6, 6.07) is 11.3. The van der Waals surface area contributed by atoms with Crippen LogP contribution in [0, 0.1) is 5.92 Å². The molecule has 3 aliphatic rings. The van der Waals surface area contributed by atoms with Gasteiger partial charge in [-0.1, -0.05) is 66.9 Å². The van der Waals surface area contributed by atoms with Crippen molar-refractivity contribution in [1.29, 1.82) is 0 Å². The third kappa shape index (κ3) is 15.7. The fraction of sp³-hybridized carbons (Fsp3) is 0.561. The minimum absolute atomic E-state index is 0.0512. The smallest absolute Gasteiger partial charge is 0.409 e. The number of allylic oxidation sites excluding steroid dienone is 3. The number of aliphatic hydroxyl groups is 1. The lowest BCUT2D eigenvalue weighted by molar-refractivity contribution is -0.162. The van der Waals surface area contributed by atoms with E-state index in [0.717, 1.165) is 27.7 Å². The molecule has 2 aromatic carbocycles. The first kappa shape index (κ1) is 62.6. The monoisotopic (exact) mass is 1130 g/mol. The number of ether oxygens (including phenoxy) is 5. The lowest BCUT2D eigenvalue weighted by Crippen LogP contribution is -2.63. The Hall–Kier alpha value is -6.56. The zero-order valence-electron chi connectivity index (χ0n) is 47.5. The largest absolute Gasteiger partial charge is 0.495 e. The van der Waals surface area contributed by atoms with Gasteiger partial charge >= 0.3 is 18.0 Å². The molecule has 6 N–H and O–H groups in total. The normalized spacial score (nSPS) is 25.0. The van der Waals surface area contributed by atoms with Crippen molar-refractivity contribution in [2.45, 2.75) is 153 Å². The number of hydrazine groups is 1. The molecule has 0 radical (unpaired) electrons. The second-order valence-corrected chi connectivity index (χ2v) is 21.6. The molecule has 438 valence electrons. The molecule has 9 atom stereocenters. The van der Waals surface area contributed by atoms with Gasteiger partial charge in [-0.05, 0) is 88.7 Å². The number of aryl methyl sites for hydroxylation is 1. The van der Waals surface area contributed by atoms with E-state index < -0.39 is 89.5 Å². The second-order valence-electron chi connectivity index (χ2n) is 21.2. The lowest BCUT2D eigenvalue weighted by Gasteiger charge is -2.42. The first-order chi connectivity index (χ1) is 37.9. The second kappa shape index (κ2) is 27.7. The Morgan fingerprint density at radius 2 is 1.77 bits per heavy atom. The number of unbranched alkanes of at least 4 members (excludes halogenated alkanes) is 2. The molecule has 80 heavy (non-hydrogen) atoms. The summed E-state index contributed by atoms with van der Waals surface area (Å²) in [5, 5.41) is 32.5. The average Bonchev–Trinajstić information content (AvgIpc) is 4.24. The Bertz CT molecular complexity index is 2810. The number of carboxylic acid groups (broad SMARTS) is 1. The molecule has 0 aliphatic carbocycles. The van der Waals surface area contributed by atoms with E-state index in [4.69, 9.17) is 35.3 Å². The zero-order chi connectivity index (χ0) is 58.6. The third-order valence-electron chi connectivity index (χ3n) is 15.4. The van der Waals surface area contributed by atoms with E-state index in [1.165, 1.54) is 38.0 Å². The van der Waals surface area contributed by atoms with Gasteiger partial charge in [0.05, 0.1) is 31.9 Å². The van der Waals surface area contributed by atoms with E-state index in [9.17, 15) is 43.8 Å². The number of hydrogen-bond acceptors (Lipinski definition) is 15. The van der Waals surface area contributed by atoms with Crippen LogP contribution in [0.3, 0.4) is 0 Å². The molecule has 4 heterocycles. The number of nitrogens with zero attached hydrogens (tertiary/aromatic N) is 4. The number of likely N-dealkylation sites (N-methyl/N-ethyl adjacent to an activating group) is 1. The number of anilines is 1. The summed E-state index contributed by atoms with van der Waals surface area (Å²) < 4.78 is 31.5. The van der Waals surface area contributed by atoms with Crippen LogP contribution in [-0.2, 0) is 67.2 Å². The average molecular weight is 1140 g/mol. The fourth-order valence-corrected chi connectivity index (χ4v) is 10.6. The van der Waals surface area contributed by atoms with Gasteiger partial charge in [-0.2, -0.15) is 0 Å². The Morgan fingerprint density at radius 1 is 1.04 bits per heavy atom. The summed E-state index contributed by atoms with van der Waals surface area (Å²) in [4.78, 5) is 95.9. The highest BCUT2D eigenvalue weighted by Crippen LogP contribution is 2.49. The topological polar surface area (TPSA) is 272 Å². The number of methoxy groups -OCH3 is 2. The van der Waals surface area contributed by atoms with Gasteiger partial charge in [0.15, 0.2) is 5.72 Å². The van der Waals surface area contributed by atoms with Crippen molar-refractivity contribution in [1.82, 2.24) is 35.9 Å². The molecule has 23 heteroatoms. The van der Waals surface area contributed by atoms with Crippen LogP contribution in [0.15, 0.2) is 66.3 Å². The summed E-state index contributed by atoms with van der Waals surface area (Å²) in [6.45, 7) is 7.98. The zero-order valence-corrected chi connectivity index (χ0v) is 48.2. The maximum atomic E-state index is 14.4. The number of aliphatic carboxylic acids is 1. The molecule has 2 fully saturated rings. The number of halogens is 1. The highest BCUT2D eigenvalue weighted by molar-refractivity contribution is 6.35. The van der Waals surface area contributed by atoms with Crippen molar-refractivity contribution in [3.8, 4) is 5.75 Å². The standard InChI is InChI=1S/C57H79ClN8O14/c1-34-17-16-20-45(77-10)57(75)32-44(78-55(74)62-57)35(2)52-56(4,80-52)46(31-49(69)65(8)42-28-37(27-34)29-43(76-9)51(42)58)79-54(73)36(3)64(7)48(68)21-12-11-15-25-60-53(72)40(22-23-50(70)71)61-47(67)24-26-66-39(33-63(6)59-5)30-38-18-13-14-19-41(38)66/h13-14,16-20,28-30,35-36,40,44-46,52,59,75H,11-12,15,21-27,31-33H2,1-10H3,(H,60,72)(H,61,67)(H,62,74)(H,70,71)/b20-16+,34-17+/t35-,36+,40+,44+,45-,46+,52?,56+,57+/m1/s1. The molecule has 22 nitrogen and oxygen atoms in total. The molecular weight excluding hydrogens is 1060 g/mol. The van der Waals surface area contributed by atoms with Crippen molar-refractivity contribution in [2.24, 2.45) is 5.92 Å². The van der Waals surface area contributed by atoms with E-state index in [-0.39, 0.29) is 56.0 Å². The van der Waals surface area contributed by atoms with Gasteiger partial charge in [0.25, 0.3) is 0 Å². The van der Waals surface area contributed by atoms with E-state index in [1.807, 2.05) is 56.4 Å². The lowest BCUT2D eigenvalue weighted by atomic mass is 9.83. The number of rotatable bonds is 22. The van der Waals surface area contributed by atoms with Crippen LogP contribution in [0.5, 0.6) is 5.75 Å². The van der Waals surface area contributed by atoms with Gasteiger partial charge in [-0.25, -0.2) is 14.6 Å². The molecule has 4 bridgehead atoms. The molecule has 3 aromatic rings. The number of aromatic nitrogens is 1. The number of esters is 1. The van der Waals surface area contributed by atoms with Gasteiger partial charge in [0, 0.05) is 84.2 Å². The van der Waals surface area contributed by atoms with E-state index in [1.54, 1.807) is 45.2 Å². The molecule has 1 unspecified atom stereocenters. The summed E-state index contributed by atoms with van der Waals surface area (Å²) >= 11 is 6.83. The number of carboxylic acids is 1. The number of carbonyl (C=O) groups is 7. The summed E-state index contributed by atoms with van der Waals surface area (Å²) in [6.07, 6.45) is 1.43. The van der Waals surface area contributed by atoms with Crippen LogP contribution < -0.4 is 31.0 Å². The highest BCUT2D eigenvalue weighted by atomic mass is 35.5. The molecule has 1 aromatic heterocycles. The van der Waals surface area contributed by atoms with Gasteiger partial charge < -0.3 is 58.9 Å². The summed E-state index contributed by atoms with van der Waals surface area (Å²) in [5.74, 6) is -3.95. The van der Waals surface area contributed by atoms with Crippen LogP contribution in [0.1, 0.15) is 96.7 Å². The van der Waals surface area contributed by atoms with Gasteiger partial charge in [-0.15, -0.1) is 0 Å². The molecule has 5 amide bonds. The van der Waals surface area contributed by atoms with Crippen LogP contribution in [0.2, 0.25) is 5.02 Å². The predicted molar refractivity (Wildman–Crippen MR) is 298 cm³/mol. The number of para-hydroxylation sites is 1. The van der Waals surface area contributed by atoms with Crippen molar-refractivity contribution < 1.29 is 67.5 Å². The minimum atomic E-state index is -1.88. The first-order valence-electron chi connectivity index (χ1n) is 27.0. The van der Waals surface area contributed by atoms with Crippen molar-refractivity contribution in [2.75, 3.05) is 53.9 Å². The van der Waals surface area contributed by atoms with Crippen molar-refractivity contribution >= 4 is 69.9 Å². The Balaban J connectivity index is 1.07. The SMILES string of the molecule is CNN(C)Cc1cc2ccccc2n1CCC(=O)N[C@@H](CCC(=O)O)C(=O)NCCCCCC(=O)N(C)[C@@H](C)C(=O)O[C@H]1CC(=O)N(C)c2cc(cc(OC)c2Cl)C/C(C)=C/C=C/[C@@H](OC)[C@@]2(O)C[C@H](OC(=O)N2)[C@@H](C)C2O[C@]21C. The summed E-state index contributed by atoms with van der Waals surface area (Å²) in [7, 11) is 9.63. The fourth-order valence-electron chi connectivity index (χ4n) is 10.3. The van der Waals surface area contributed by atoms with Crippen molar-refractivity contribution in [3.63, 3.8) is 0 Å². The maximum Gasteiger partial charge on any atom is 0.409 e. The minimum Gasteiger partial charge on any atom is -0.495 e. The quantitative estimate of drug-likeness (QED) is 0.0329. The van der Waals surface area contributed by atoms with Crippen LogP contribution in [0.4, 0.5) is 10.5 Å². The Labute approximate surface area is 472 Å². The van der Waals surface area contributed by atoms with Crippen LogP contribution in [0.25, 0.3) is 10.9 Å². The number of hydrogen-bond donors (Lipinski definition) is 6. The van der Waals surface area contributed by atoms with Gasteiger partial charge in [-0.3, -0.25) is 34.7 Å². The molecule has 2 saturated heterocycles. The van der Waals surface area contributed by atoms with Crippen LogP contribution >= 0.6 is 11.6 Å². The van der Waals surface area contributed by atoms with E-state index >= 15 is 0 Å². The number of amides is 5. The number of nitrogens with one attached hydrogen (secondary N) is 4. The predicted octanol–water partition coefficient (Wildman–Crippen LogP) is 5.15. The summed E-state index contributed by atoms with van der Waals surface area (Å²) in [5.41, 5.74) is 3.85. The maximum absolute atomic E-state index is 14.4. The molecular formula is C57H79ClN8O14. The highest BCUT2D eigenvalue weighted by Gasteiger charge is 2.64. The Kier molecular flexibility index (Phi) is 21.7. The Morgan fingerprint density at radius 3 is 2.48 bits per heavy atom. The van der Waals surface area contributed by atoms with E-state index in [0.29, 0.717) is 50.2 Å². The number of benzene rings is 2. The van der Waals surface area contributed by atoms with Crippen LogP contribution in [-0.4, -0.2) is 163 Å².